The average Bonchev–Trinajstić information content (AvgIpc) is 3.16. The lowest BCUT2D eigenvalue weighted by Gasteiger charge is -2.35. The summed E-state index contributed by atoms with van der Waals surface area (Å²) in [5.41, 5.74) is 14.9. The number of aryl methyl sites for hydroxylation is 4. The zero-order chi connectivity index (χ0) is 35.3. The molecule has 6 aromatic rings. The second-order valence-corrected chi connectivity index (χ2v) is 14.9. The Morgan fingerprint density at radius 2 is 0.627 bits per heavy atom. The number of rotatable bonds is 10. The number of benzene rings is 6. The van der Waals surface area contributed by atoms with Crippen molar-refractivity contribution in [2.45, 2.75) is 72.6 Å². The van der Waals surface area contributed by atoms with Gasteiger partial charge in [-0.1, -0.05) is 134 Å². The summed E-state index contributed by atoms with van der Waals surface area (Å²) in [5.74, 6) is 1.59. The molecule has 6 aromatic carbocycles. The van der Waals surface area contributed by atoms with Crippen LogP contribution in [0.1, 0.15) is 78.3 Å². The summed E-state index contributed by atoms with van der Waals surface area (Å²) < 4.78 is 0. The van der Waals surface area contributed by atoms with E-state index in [1.54, 1.807) is 0 Å². The highest BCUT2D eigenvalue weighted by Gasteiger charge is 2.30. The second kappa shape index (κ2) is 15.4. The zero-order valence-corrected chi connectivity index (χ0v) is 31.0. The summed E-state index contributed by atoms with van der Waals surface area (Å²) in [6, 6.07) is 54.4. The molecule has 1 unspecified atom stereocenters. The van der Waals surface area contributed by atoms with Gasteiger partial charge < -0.3 is 9.80 Å². The van der Waals surface area contributed by atoms with E-state index < -0.39 is 0 Å². The van der Waals surface area contributed by atoms with Gasteiger partial charge in [-0.2, -0.15) is 0 Å². The lowest BCUT2D eigenvalue weighted by molar-refractivity contribution is 0.245. The average molecular weight is 669 g/mol. The quantitative estimate of drug-likeness (QED) is 0.143. The van der Waals surface area contributed by atoms with E-state index in [2.05, 4.69) is 190 Å². The Hall–Kier alpha value is -5.08. The van der Waals surface area contributed by atoms with Crippen molar-refractivity contribution in [1.82, 2.24) is 0 Å². The normalized spacial score (nSPS) is 14.0. The molecule has 258 valence electrons. The summed E-state index contributed by atoms with van der Waals surface area (Å²) in [5, 5.41) is 0. The first-order valence-corrected chi connectivity index (χ1v) is 18.9. The lowest BCUT2D eigenvalue weighted by atomic mass is 9.70. The predicted octanol–water partition coefficient (Wildman–Crippen LogP) is 14.2. The molecule has 0 heterocycles. The van der Waals surface area contributed by atoms with Crippen molar-refractivity contribution >= 4 is 34.1 Å². The molecule has 2 heteroatoms. The summed E-state index contributed by atoms with van der Waals surface area (Å²) in [6.45, 7) is 11.1. The van der Waals surface area contributed by atoms with E-state index in [4.69, 9.17) is 0 Å². The number of nitrogens with zero attached hydrogens (tertiary/aromatic N) is 2. The monoisotopic (exact) mass is 668 g/mol. The Morgan fingerprint density at radius 1 is 0.373 bits per heavy atom. The maximum absolute atomic E-state index is 2.51. The third-order valence-corrected chi connectivity index (χ3v) is 11.1. The Balaban J connectivity index is 1.26. The third kappa shape index (κ3) is 7.81. The zero-order valence-electron chi connectivity index (χ0n) is 31.0. The lowest BCUT2D eigenvalue weighted by Crippen LogP contribution is -2.23. The fraction of sp³-hybridized carbons (Fsp3) is 0.265. The van der Waals surface area contributed by atoms with Crippen LogP contribution in [0.2, 0.25) is 0 Å². The molecule has 51 heavy (non-hydrogen) atoms. The van der Waals surface area contributed by atoms with Crippen LogP contribution in [0, 0.1) is 39.5 Å². The highest BCUT2D eigenvalue weighted by Crippen LogP contribution is 2.44. The van der Waals surface area contributed by atoms with Crippen LogP contribution in [0.4, 0.5) is 34.1 Å². The van der Waals surface area contributed by atoms with E-state index in [0.29, 0.717) is 11.8 Å². The van der Waals surface area contributed by atoms with E-state index in [-0.39, 0.29) is 0 Å². The Kier molecular flexibility index (Phi) is 10.4. The number of hydrogen-bond donors (Lipinski definition) is 0. The van der Waals surface area contributed by atoms with Crippen molar-refractivity contribution < 1.29 is 0 Å². The largest absolute Gasteiger partial charge is 0.311 e. The van der Waals surface area contributed by atoms with Crippen molar-refractivity contribution in [1.29, 1.82) is 0 Å². The van der Waals surface area contributed by atoms with Crippen LogP contribution in [-0.4, -0.2) is 0 Å². The Bertz CT molecular complexity index is 1750. The highest BCUT2D eigenvalue weighted by atomic mass is 15.1. The van der Waals surface area contributed by atoms with E-state index in [0.717, 1.165) is 5.92 Å². The summed E-state index contributed by atoms with van der Waals surface area (Å²) in [4.78, 5) is 4.75. The molecule has 0 aromatic heterocycles. The van der Waals surface area contributed by atoms with Crippen LogP contribution in [0.25, 0.3) is 0 Å². The Morgan fingerprint density at radius 3 is 0.902 bits per heavy atom. The van der Waals surface area contributed by atoms with Crippen molar-refractivity contribution in [3.63, 3.8) is 0 Å². The van der Waals surface area contributed by atoms with Gasteiger partial charge >= 0.3 is 0 Å². The fourth-order valence-electron chi connectivity index (χ4n) is 8.06. The van der Waals surface area contributed by atoms with Crippen molar-refractivity contribution in [2.75, 3.05) is 9.80 Å². The second-order valence-electron chi connectivity index (χ2n) is 14.9. The minimum absolute atomic E-state index is 0.315. The van der Waals surface area contributed by atoms with Gasteiger partial charge in [0, 0.05) is 40.0 Å². The van der Waals surface area contributed by atoms with Gasteiger partial charge in [0.25, 0.3) is 0 Å². The number of anilines is 6. The van der Waals surface area contributed by atoms with Crippen LogP contribution < -0.4 is 9.80 Å². The molecule has 1 atom stereocenters. The van der Waals surface area contributed by atoms with Gasteiger partial charge in [0.15, 0.2) is 0 Å². The van der Waals surface area contributed by atoms with Gasteiger partial charge in [0.1, 0.15) is 0 Å². The van der Waals surface area contributed by atoms with Gasteiger partial charge in [-0.05, 0) is 123 Å². The van der Waals surface area contributed by atoms with Crippen molar-refractivity contribution in [3.8, 4) is 0 Å². The van der Waals surface area contributed by atoms with Crippen LogP contribution in [0.15, 0.2) is 146 Å². The fourth-order valence-corrected chi connectivity index (χ4v) is 8.06. The summed E-state index contributed by atoms with van der Waals surface area (Å²) >= 11 is 0. The molecule has 0 radical (unpaired) electrons. The smallest absolute Gasteiger partial charge is 0.0461 e. The molecule has 0 bridgehead atoms. The van der Waals surface area contributed by atoms with Crippen molar-refractivity contribution in [2.24, 2.45) is 11.8 Å². The molecule has 2 nitrogen and oxygen atoms in total. The van der Waals surface area contributed by atoms with Gasteiger partial charge in [-0.25, -0.2) is 0 Å². The molecule has 1 fully saturated rings. The molecule has 0 saturated heterocycles. The minimum Gasteiger partial charge on any atom is -0.311 e. The van der Waals surface area contributed by atoms with E-state index >= 15 is 0 Å². The van der Waals surface area contributed by atoms with Gasteiger partial charge in [-0.15, -0.1) is 0 Å². The molecular weight excluding hydrogens is 617 g/mol. The van der Waals surface area contributed by atoms with Gasteiger partial charge in [0.05, 0.1) is 0 Å². The molecule has 1 saturated carbocycles. The SMILES string of the molecule is Cc1ccc(N(c2ccc(C)cc2)c2ccc(C(c3ccc(N(c4ccc(C)cc4)c4ccc(C)cc4)cc3)C(C)C3CCCCC3)cc2)cc1. The van der Waals surface area contributed by atoms with E-state index in [9.17, 15) is 0 Å². The molecule has 0 spiro atoms. The van der Waals surface area contributed by atoms with Crippen LogP contribution in [-0.2, 0) is 0 Å². The molecule has 7 rings (SSSR count). The van der Waals surface area contributed by atoms with Crippen LogP contribution in [0.5, 0.6) is 0 Å². The summed E-state index contributed by atoms with van der Waals surface area (Å²) in [7, 11) is 0. The molecule has 1 aliphatic carbocycles. The van der Waals surface area contributed by atoms with Crippen molar-refractivity contribution in [3.05, 3.63) is 179 Å². The minimum atomic E-state index is 0.315. The summed E-state index contributed by atoms with van der Waals surface area (Å²) in [6.07, 6.45) is 6.74. The van der Waals surface area contributed by atoms with Crippen LogP contribution >= 0.6 is 0 Å². The van der Waals surface area contributed by atoms with E-state index in [1.807, 2.05) is 0 Å². The first kappa shape index (κ1) is 34.4. The first-order valence-electron chi connectivity index (χ1n) is 18.9. The predicted molar refractivity (Wildman–Crippen MR) is 219 cm³/mol. The topological polar surface area (TPSA) is 6.48 Å². The first-order chi connectivity index (χ1) is 24.8. The Labute approximate surface area is 306 Å². The number of hydrogen-bond acceptors (Lipinski definition) is 2. The molecule has 0 N–H and O–H groups in total. The van der Waals surface area contributed by atoms with E-state index in [1.165, 1.54) is 99.6 Å². The third-order valence-electron chi connectivity index (χ3n) is 11.1. The standard InChI is InChI=1S/C49H52N2/c1-35-11-23-43(24-12-35)50(44-25-13-36(2)14-26-44)47-31-19-41(20-32-47)49(39(5)40-9-7-6-8-10-40)42-21-33-48(34-22-42)51(45-27-15-37(3)16-28-45)46-29-17-38(4)18-30-46/h11-34,39-40,49H,6-10H2,1-5H3. The molecular formula is C49H52N2. The van der Waals surface area contributed by atoms with Crippen LogP contribution in [0.3, 0.4) is 0 Å². The molecule has 1 aliphatic rings. The van der Waals surface area contributed by atoms with Gasteiger partial charge in [-0.3, -0.25) is 0 Å². The highest BCUT2D eigenvalue weighted by molar-refractivity contribution is 5.78. The molecule has 0 amide bonds. The van der Waals surface area contributed by atoms with Gasteiger partial charge in [0.2, 0.25) is 0 Å². The maximum Gasteiger partial charge on any atom is 0.0461 e. The maximum atomic E-state index is 2.51. The molecule has 0 aliphatic heterocycles.